The van der Waals surface area contributed by atoms with Crippen molar-refractivity contribution in [3.8, 4) is 0 Å². The van der Waals surface area contributed by atoms with Gasteiger partial charge in [-0.3, -0.25) is 30.3 Å². The van der Waals surface area contributed by atoms with E-state index in [2.05, 4.69) is 5.32 Å². The van der Waals surface area contributed by atoms with Crippen molar-refractivity contribution in [2.24, 2.45) is 0 Å². The lowest BCUT2D eigenvalue weighted by molar-refractivity contribution is -0.742. The van der Waals surface area contributed by atoms with Crippen LogP contribution in [0, 0.1) is 60.7 Å². The van der Waals surface area contributed by atoms with Gasteiger partial charge < -0.3 is 25.9 Å². The fraction of sp³-hybridized carbons (Fsp3) is 0.400. The summed E-state index contributed by atoms with van der Waals surface area (Å²) in [7, 11) is 0. The summed E-state index contributed by atoms with van der Waals surface area (Å²) in [5.74, 6) is 0. The van der Waals surface area contributed by atoms with E-state index in [9.17, 15) is 40.5 Å². The molecule has 0 spiro atoms. The lowest BCUT2D eigenvalue weighted by atomic mass is 10.1. The Hall–Kier alpha value is -5.26. The molecule has 24 nitrogen and oxygen atoms in total. The molecule has 0 aliphatic carbocycles. The summed E-state index contributed by atoms with van der Waals surface area (Å²) in [4.78, 5) is 58.0. The normalized spacial score (nSPS) is 9.24. The molecule has 1 aromatic carbocycles. The van der Waals surface area contributed by atoms with Crippen molar-refractivity contribution in [3.63, 3.8) is 0 Å². The van der Waals surface area contributed by atoms with Crippen LogP contribution in [0.15, 0.2) is 6.07 Å². The summed E-state index contributed by atoms with van der Waals surface area (Å²) in [6.45, 7) is -2.74. The summed E-state index contributed by atoms with van der Waals surface area (Å²) in [5.41, 5.74) is -5.63. The smallest absolute Gasteiger partial charge is 0.335 e. The van der Waals surface area contributed by atoms with Gasteiger partial charge in [-0.15, -0.1) is 20.2 Å². The minimum absolute atomic E-state index is 0.0515. The number of nitrogens with one attached hydrogen (secondary N) is 1. The topological polar surface area (TPSA) is 355 Å². The molecule has 0 aliphatic rings. The lowest BCUT2D eigenvalue weighted by Gasteiger charge is -2.15. The zero-order chi connectivity index (χ0) is 27.2. The maximum Gasteiger partial charge on any atom is 0.335 e. The van der Waals surface area contributed by atoms with E-state index >= 15 is 0 Å². The number of nitro benzene ring substituents is 3. The van der Waals surface area contributed by atoms with Gasteiger partial charge in [-0.2, -0.15) is 0 Å². The highest BCUT2D eigenvalue weighted by atomic mass is 16.9. The molecule has 5 N–H and O–H groups in total. The van der Waals surface area contributed by atoms with Crippen LogP contribution in [0.2, 0.25) is 0 Å². The highest BCUT2D eigenvalue weighted by Crippen LogP contribution is 2.48. The molecular weight excluding hydrogens is 488 g/mol. The number of hydrogen-bond donors (Lipinski definition) is 5. The van der Waals surface area contributed by atoms with Crippen molar-refractivity contribution in [1.82, 2.24) is 0 Å². The number of nitrogens with zero attached hydrogens (tertiary/aromatic N) is 7. The maximum atomic E-state index is 11.4. The van der Waals surface area contributed by atoms with Crippen molar-refractivity contribution in [2.75, 3.05) is 36.6 Å². The molecule has 0 amide bonds. The summed E-state index contributed by atoms with van der Waals surface area (Å²) in [6.07, 6.45) is 0. The lowest BCUT2D eigenvalue weighted by Crippen LogP contribution is -2.34. The Bertz CT molecular complexity index is 917. The third kappa shape index (κ3) is 10.2. The van der Waals surface area contributed by atoms with Crippen LogP contribution >= 0.6 is 0 Å². The number of rotatable bonds is 10. The second kappa shape index (κ2) is 14.7. The first-order valence-electron chi connectivity index (χ1n) is 7.81. The van der Waals surface area contributed by atoms with Crippen LogP contribution in [-0.2, 0) is 0 Å². The number of aliphatic hydroxyl groups is 2. The second-order valence-electron chi connectivity index (χ2n) is 4.97. The van der Waals surface area contributed by atoms with Gasteiger partial charge in [0, 0.05) is 6.54 Å². The number of aliphatic hydroxyl groups excluding tert-OH is 2. The standard InChI is InChI=1S/C10H12N6O10.2HNO3/c17-3-1-11-8-6(13(19)20)5-7(14(21)22)9(10(8)15(23)24)12(2-4-18)16(25)26;2*2-1(3)4/h5,11,17-18H,1-4H2;2*(H,2,3,4). The molecule has 0 heterocycles. The van der Waals surface area contributed by atoms with E-state index in [0.29, 0.717) is 6.07 Å². The highest BCUT2D eigenvalue weighted by molar-refractivity contribution is 5.90. The summed E-state index contributed by atoms with van der Waals surface area (Å²) >= 11 is 0. The molecule has 0 fully saturated rings. The number of anilines is 2. The Balaban J connectivity index is 0. The molecule has 0 unspecified atom stereocenters. The van der Waals surface area contributed by atoms with E-state index in [1.807, 2.05) is 0 Å². The first kappa shape index (κ1) is 30.9. The zero-order valence-corrected chi connectivity index (χ0v) is 16.2. The summed E-state index contributed by atoms with van der Waals surface area (Å²) in [5, 5.41) is 90.9. The van der Waals surface area contributed by atoms with E-state index in [0.717, 1.165) is 0 Å². The third-order valence-electron chi connectivity index (χ3n) is 2.99. The van der Waals surface area contributed by atoms with E-state index in [1.54, 1.807) is 0 Å². The quantitative estimate of drug-likeness (QED) is 0.191. The molecule has 190 valence electrons. The van der Waals surface area contributed by atoms with Gasteiger partial charge in [0.15, 0.2) is 10.7 Å². The molecule has 0 saturated heterocycles. The van der Waals surface area contributed by atoms with Crippen LogP contribution in [0.3, 0.4) is 0 Å². The van der Waals surface area contributed by atoms with E-state index in [-0.39, 0.29) is 5.01 Å². The molecule has 0 radical (unpaired) electrons. The van der Waals surface area contributed by atoms with Gasteiger partial charge >= 0.3 is 17.1 Å². The molecule has 0 bridgehead atoms. The molecule has 0 aliphatic heterocycles. The molecule has 1 aromatic rings. The Kier molecular flexibility index (Phi) is 13.4. The van der Waals surface area contributed by atoms with Gasteiger partial charge in [0.2, 0.25) is 0 Å². The fourth-order valence-corrected chi connectivity index (χ4v) is 2.07. The average Bonchev–Trinajstić information content (AvgIpc) is 2.67. The van der Waals surface area contributed by atoms with Crippen LogP contribution in [0.1, 0.15) is 0 Å². The van der Waals surface area contributed by atoms with Crippen LogP contribution in [0.4, 0.5) is 28.4 Å². The van der Waals surface area contributed by atoms with Crippen molar-refractivity contribution in [2.45, 2.75) is 0 Å². The molecule has 0 aromatic heterocycles. The number of hydrazine groups is 1. The summed E-state index contributed by atoms with van der Waals surface area (Å²) < 4.78 is 0. The van der Waals surface area contributed by atoms with Crippen molar-refractivity contribution < 1.29 is 50.6 Å². The molecule has 34 heavy (non-hydrogen) atoms. The number of benzene rings is 1. The molecule has 1 rings (SSSR count). The molecule has 0 saturated carbocycles. The van der Waals surface area contributed by atoms with Crippen molar-refractivity contribution in [3.05, 3.63) is 66.8 Å². The Morgan fingerprint density at radius 2 is 1.21 bits per heavy atom. The second-order valence-corrected chi connectivity index (χ2v) is 4.97. The van der Waals surface area contributed by atoms with Crippen molar-refractivity contribution >= 4 is 28.4 Å². The SMILES string of the molecule is O=[N+]([O-])O.O=[N+]([O-])O.O=[N+]([O-])c1cc([N+](=O)[O-])c(N(CCO)[N+](=O)[O-])c([N+](=O)[O-])c1NCCO. The maximum absolute atomic E-state index is 11.4. The Morgan fingerprint density at radius 1 is 0.765 bits per heavy atom. The van der Waals surface area contributed by atoms with E-state index < -0.39 is 84.7 Å². The van der Waals surface area contributed by atoms with Gasteiger partial charge in [0.1, 0.15) is 6.54 Å². The molecule has 0 atom stereocenters. The molecule has 24 heteroatoms. The van der Waals surface area contributed by atoms with Crippen LogP contribution in [0.25, 0.3) is 0 Å². The predicted octanol–water partition coefficient (Wildman–Crippen LogP) is -0.890. The Morgan fingerprint density at radius 3 is 1.50 bits per heavy atom. The van der Waals surface area contributed by atoms with Gasteiger partial charge in [0.25, 0.3) is 15.9 Å². The van der Waals surface area contributed by atoms with Gasteiger partial charge in [0.05, 0.1) is 34.1 Å². The predicted molar refractivity (Wildman–Crippen MR) is 101 cm³/mol. The minimum Gasteiger partial charge on any atom is -0.395 e. The van der Waals surface area contributed by atoms with Gasteiger partial charge in [-0.1, -0.05) is 5.01 Å². The Labute approximate surface area is 183 Å². The molecular formula is C10H14N8O16. The first-order valence-corrected chi connectivity index (χ1v) is 7.81. The van der Waals surface area contributed by atoms with E-state index in [1.165, 1.54) is 0 Å². The van der Waals surface area contributed by atoms with E-state index in [4.69, 9.17) is 40.9 Å². The van der Waals surface area contributed by atoms with Crippen LogP contribution < -0.4 is 10.3 Å². The van der Waals surface area contributed by atoms with Gasteiger partial charge in [-0.25, -0.2) is 10.1 Å². The minimum atomic E-state index is -1.50. The summed E-state index contributed by atoms with van der Waals surface area (Å²) in [6, 6.07) is 0.329. The van der Waals surface area contributed by atoms with Crippen molar-refractivity contribution in [1.29, 1.82) is 0 Å². The highest BCUT2D eigenvalue weighted by Gasteiger charge is 2.43. The number of nitro groups is 4. The third-order valence-corrected chi connectivity index (χ3v) is 2.99. The number of hydrogen-bond acceptors (Lipinski definition) is 15. The zero-order valence-electron chi connectivity index (χ0n) is 16.2. The van der Waals surface area contributed by atoms with Gasteiger partial charge in [-0.05, 0) is 0 Å². The first-order chi connectivity index (χ1) is 15.6. The van der Waals surface area contributed by atoms with Crippen LogP contribution in [0.5, 0.6) is 0 Å². The van der Waals surface area contributed by atoms with Crippen LogP contribution in [-0.4, -0.2) is 76.9 Å². The monoisotopic (exact) mass is 502 g/mol. The average molecular weight is 502 g/mol. The fourth-order valence-electron chi connectivity index (χ4n) is 2.07. The largest absolute Gasteiger partial charge is 0.395 e.